The lowest BCUT2D eigenvalue weighted by Gasteiger charge is -2.38. The van der Waals surface area contributed by atoms with E-state index in [9.17, 15) is 0 Å². The maximum absolute atomic E-state index is 6.04. The molecule has 1 rings (SSSR count). The van der Waals surface area contributed by atoms with Crippen molar-refractivity contribution in [3.63, 3.8) is 0 Å². The molecule has 2 atom stereocenters. The van der Waals surface area contributed by atoms with Crippen molar-refractivity contribution < 1.29 is 9.47 Å². The average molecular weight is 242 g/mol. The predicted octanol–water partition coefficient (Wildman–Crippen LogP) is 4.52. The van der Waals surface area contributed by atoms with Crippen LogP contribution < -0.4 is 0 Å². The molecule has 2 unspecified atom stereocenters. The average Bonchev–Trinajstić information content (AvgIpc) is 2.28. The standard InChI is InChI=1S/C15H30O2/c1-5-6-7-8-9-10-14-16-12-11-13(17-14)15(2,3)4/h13-14H,5-12H2,1-4H3. The summed E-state index contributed by atoms with van der Waals surface area (Å²) in [6.45, 7) is 9.87. The number of rotatable bonds is 6. The third kappa shape index (κ3) is 5.87. The van der Waals surface area contributed by atoms with Gasteiger partial charge in [0.1, 0.15) is 0 Å². The summed E-state index contributed by atoms with van der Waals surface area (Å²) in [4.78, 5) is 0. The Bertz CT molecular complexity index is 196. The van der Waals surface area contributed by atoms with Crippen LogP contribution >= 0.6 is 0 Å². The monoisotopic (exact) mass is 242 g/mol. The molecule has 1 fully saturated rings. The van der Waals surface area contributed by atoms with Crippen molar-refractivity contribution in [2.45, 2.75) is 85.0 Å². The third-order valence-electron chi connectivity index (χ3n) is 3.51. The van der Waals surface area contributed by atoms with Gasteiger partial charge in [-0.2, -0.15) is 0 Å². The molecular formula is C15H30O2. The molecule has 1 aliphatic rings. The summed E-state index contributed by atoms with van der Waals surface area (Å²) in [5.41, 5.74) is 0.240. The first-order chi connectivity index (χ1) is 8.04. The molecule has 0 radical (unpaired) electrons. The fraction of sp³-hybridized carbons (Fsp3) is 1.00. The van der Waals surface area contributed by atoms with Crippen molar-refractivity contribution in [2.24, 2.45) is 5.41 Å². The van der Waals surface area contributed by atoms with Crippen LogP contribution in [0.25, 0.3) is 0 Å². The summed E-state index contributed by atoms with van der Waals surface area (Å²) in [7, 11) is 0. The van der Waals surface area contributed by atoms with E-state index in [1.165, 1.54) is 32.1 Å². The van der Waals surface area contributed by atoms with Crippen molar-refractivity contribution >= 4 is 0 Å². The molecule has 1 saturated heterocycles. The van der Waals surface area contributed by atoms with E-state index in [1.54, 1.807) is 0 Å². The van der Waals surface area contributed by atoms with Gasteiger partial charge in [-0.05, 0) is 24.7 Å². The van der Waals surface area contributed by atoms with Gasteiger partial charge in [-0.15, -0.1) is 0 Å². The molecule has 2 nitrogen and oxygen atoms in total. The molecule has 0 N–H and O–H groups in total. The van der Waals surface area contributed by atoms with E-state index in [1.807, 2.05) is 0 Å². The molecule has 0 aromatic rings. The lowest BCUT2D eigenvalue weighted by molar-refractivity contribution is -0.236. The minimum Gasteiger partial charge on any atom is -0.353 e. The zero-order valence-corrected chi connectivity index (χ0v) is 12.1. The summed E-state index contributed by atoms with van der Waals surface area (Å²) >= 11 is 0. The molecule has 2 heteroatoms. The molecule has 0 spiro atoms. The van der Waals surface area contributed by atoms with Crippen LogP contribution in [0, 0.1) is 5.41 Å². The molecule has 102 valence electrons. The van der Waals surface area contributed by atoms with Crippen LogP contribution in [0.2, 0.25) is 0 Å². The highest BCUT2D eigenvalue weighted by atomic mass is 16.7. The summed E-state index contributed by atoms with van der Waals surface area (Å²) in [5, 5.41) is 0. The highest BCUT2D eigenvalue weighted by Gasteiger charge is 2.31. The Morgan fingerprint density at radius 2 is 1.76 bits per heavy atom. The van der Waals surface area contributed by atoms with E-state index in [2.05, 4.69) is 27.7 Å². The fourth-order valence-electron chi connectivity index (χ4n) is 2.30. The SMILES string of the molecule is CCCCCCCC1OCCC(C(C)(C)C)O1. The van der Waals surface area contributed by atoms with Crippen molar-refractivity contribution in [3.05, 3.63) is 0 Å². The van der Waals surface area contributed by atoms with Gasteiger partial charge in [-0.25, -0.2) is 0 Å². The van der Waals surface area contributed by atoms with Gasteiger partial charge in [0.05, 0.1) is 12.7 Å². The van der Waals surface area contributed by atoms with Crippen molar-refractivity contribution in [2.75, 3.05) is 6.61 Å². The van der Waals surface area contributed by atoms with Crippen LogP contribution in [0.15, 0.2) is 0 Å². The van der Waals surface area contributed by atoms with E-state index >= 15 is 0 Å². The highest BCUT2D eigenvalue weighted by molar-refractivity contribution is 4.77. The number of hydrogen-bond acceptors (Lipinski definition) is 2. The molecule has 0 aliphatic carbocycles. The van der Waals surface area contributed by atoms with Gasteiger partial charge in [0.15, 0.2) is 6.29 Å². The third-order valence-corrected chi connectivity index (χ3v) is 3.51. The molecule has 0 saturated carbocycles. The largest absolute Gasteiger partial charge is 0.353 e. The van der Waals surface area contributed by atoms with Crippen LogP contribution in [-0.2, 0) is 9.47 Å². The van der Waals surface area contributed by atoms with Gasteiger partial charge in [-0.1, -0.05) is 53.4 Å². The molecule has 0 bridgehead atoms. The second-order valence-corrected chi connectivity index (χ2v) is 6.28. The van der Waals surface area contributed by atoms with Gasteiger partial charge >= 0.3 is 0 Å². The van der Waals surface area contributed by atoms with Crippen molar-refractivity contribution in [1.82, 2.24) is 0 Å². The fourth-order valence-corrected chi connectivity index (χ4v) is 2.30. The van der Waals surface area contributed by atoms with Crippen LogP contribution in [-0.4, -0.2) is 19.0 Å². The lowest BCUT2D eigenvalue weighted by Crippen LogP contribution is -2.39. The first kappa shape index (κ1) is 15.0. The normalized spacial score (nSPS) is 26.1. The number of unbranched alkanes of at least 4 members (excludes halogenated alkanes) is 4. The molecule has 0 aromatic heterocycles. The van der Waals surface area contributed by atoms with Gasteiger partial charge in [0, 0.05) is 0 Å². The minimum absolute atomic E-state index is 0.0506. The van der Waals surface area contributed by atoms with E-state index < -0.39 is 0 Å². The Morgan fingerprint density at radius 1 is 1.06 bits per heavy atom. The molecular weight excluding hydrogens is 212 g/mol. The van der Waals surface area contributed by atoms with Crippen molar-refractivity contribution in [3.8, 4) is 0 Å². The summed E-state index contributed by atoms with van der Waals surface area (Å²) in [6.07, 6.45) is 9.09. The van der Waals surface area contributed by atoms with E-state index in [0.29, 0.717) is 6.10 Å². The van der Waals surface area contributed by atoms with Crippen LogP contribution in [0.4, 0.5) is 0 Å². The van der Waals surface area contributed by atoms with Gasteiger partial charge in [-0.3, -0.25) is 0 Å². The molecule has 0 aromatic carbocycles. The minimum atomic E-state index is 0.0506. The Morgan fingerprint density at radius 3 is 2.41 bits per heavy atom. The second kappa shape index (κ2) is 7.38. The number of ether oxygens (including phenoxy) is 2. The Balaban J connectivity index is 2.17. The quantitative estimate of drug-likeness (QED) is 0.637. The summed E-state index contributed by atoms with van der Waals surface area (Å²) in [5.74, 6) is 0. The van der Waals surface area contributed by atoms with E-state index in [4.69, 9.17) is 9.47 Å². The van der Waals surface area contributed by atoms with E-state index in [0.717, 1.165) is 19.4 Å². The zero-order valence-electron chi connectivity index (χ0n) is 12.1. The van der Waals surface area contributed by atoms with Gasteiger partial charge in [0.25, 0.3) is 0 Å². The summed E-state index contributed by atoms with van der Waals surface area (Å²) in [6, 6.07) is 0. The van der Waals surface area contributed by atoms with Crippen LogP contribution in [0.5, 0.6) is 0 Å². The lowest BCUT2D eigenvalue weighted by atomic mass is 9.87. The smallest absolute Gasteiger partial charge is 0.157 e. The van der Waals surface area contributed by atoms with Crippen LogP contribution in [0.1, 0.15) is 72.6 Å². The second-order valence-electron chi connectivity index (χ2n) is 6.28. The van der Waals surface area contributed by atoms with Crippen LogP contribution in [0.3, 0.4) is 0 Å². The van der Waals surface area contributed by atoms with Gasteiger partial charge < -0.3 is 9.47 Å². The highest BCUT2D eigenvalue weighted by Crippen LogP contribution is 2.30. The molecule has 1 aliphatic heterocycles. The molecule has 0 amide bonds. The summed E-state index contributed by atoms with van der Waals surface area (Å²) < 4.78 is 11.7. The Kier molecular flexibility index (Phi) is 6.50. The predicted molar refractivity (Wildman–Crippen MR) is 72.1 cm³/mol. The Labute approximate surface area is 107 Å². The Hall–Kier alpha value is -0.0800. The zero-order chi connectivity index (χ0) is 12.7. The van der Waals surface area contributed by atoms with E-state index in [-0.39, 0.29) is 11.7 Å². The van der Waals surface area contributed by atoms with Crippen molar-refractivity contribution in [1.29, 1.82) is 0 Å². The maximum atomic E-state index is 6.04. The first-order valence-corrected chi connectivity index (χ1v) is 7.31. The van der Waals surface area contributed by atoms with Gasteiger partial charge in [0.2, 0.25) is 0 Å². The molecule has 17 heavy (non-hydrogen) atoms. The maximum Gasteiger partial charge on any atom is 0.157 e. The first-order valence-electron chi connectivity index (χ1n) is 7.31. The molecule has 1 heterocycles. The number of hydrogen-bond donors (Lipinski definition) is 0. The topological polar surface area (TPSA) is 18.5 Å².